The van der Waals surface area contributed by atoms with E-state index in [4.69, 9.17) is 18.9 Å². The van der Waals surface area contributed by atoms with Crippen LogP contribution in [0.15, 0.2) is 17.1 Å². The Hall–Kier alpha value is -2.24. The maximum atomic E-state index is 12.4. The quantitative estimate of drug-likeness (QED) is 0.755. The predicted octanol–water partition coefficient (Wildman–Crippen LogP) is 2.49. The van der Waals surface area contributed by atoms with Gasteiger partial charge in [0.25, 0.3) is 0 Å². The standard InChI is InChI=1S/C16H21NO5/c1-16(2)9-22-14(17-16)8-11(18)10-6-12(19-3)15(21-5)13(7-10)20-4/h6-7H,8-9H2,1-5H3. The van der Waals surface area contributed by atoms with Crippen molar-refractivity contribution in [3.8, 4) is 17.2 Å². The van der Waals surface area contributed by atoms with Gasteiger partial charge >= 0.3 is 0 Å². The first-order valence-corrected chi connectivity index (χ1v) is 6.95. The van der Waals surface area contributed by atoms with Crippen molar-refractivity contribution in [3.05, 3.63) is 17.7 Å². The van der Waals surface area contributed by atoms with Crippen LogP contribution in [0, 0.1) is 0 Å². The molecule has 0 radical (unpaired) electrons. The molecule has 6 heteroatoms. The molecule has 0 N–H and O–H groups in total. The summed E-state index contributed by atoms with van der Waals surface area (Å²) >= 11 is 0. The first-order valence-electron chi connectivity index (χ1n) is 6.95. The Morgan fingerprint density at radius 1 is 1.18 bits per heavy atom. The summed E-state index contributed by atoms with van der Waals surface area (Å²) in [7, 11) is 4.54. The van der Waals surface area contributed by atoms with Crippen LogP contribution >= 0.6 is 0 Å². The van der Waals surface area contributed by atoms with Crippen LogP contribution in [-0.2, 0) is 4.74 Å². The molecule has 22 heavy (non-hydrogen) atoms. The minimum Gasteiger partial charge on any atom is -0.493 e. The van der Waals surface area contributed by atoms with Gasteiger partial charge in [-0.15, -0.1) is 0 Å². The lowest BCUT2D eigenvalue weighted by atomic mass is 10.1. The molecule has 2 rings (SSSR count). The minimum absolute atomic E-state index is 0.113. The Morgan fingerprint density at radius 2 is 1.77 bits per heavy atom. The van der Waals surface area contributed by atoms with Crippen molar-refractivity contribution in [2.24, 2.45) is 4.99 Å². The fraction of sp³-hybridized carbons (Fsp3) is 0.500. The van der Waals surface area contributed by atoms with Crippen molar-refractivity contribution in [3.63, 3.8) is 0 Å². The number of aliphatic imine (C=N–C) groups is 1. The third kappa shape index (κ3) is 3.32. The molecular formula is C16H21NO5. The highest BCUT2D eigenvalue weighted by atomic mass is 16.5. The molecule has 1 aliphatic rings. The van der Waals surface area contributed by atoms with Gasteiger partial charge in [-0.25, -0.2) is 4.99 Å². The van der Waals surface area contributed by atoms with Crippen LogP contribution in [0.25, 0.3) is 0 Å². The summed E-state index contributed by atoms with van der Waals surface area (Å²) < 4.78 is 21.2. The van der Waals surface area contributed by atoms with Crippen molar-refractivity contribution < 1.29 is 23.7 Å². The van der Waals surface area contributed by atoms with Crippen molar-refractivity contribution in [1.29, 1.82) is 0 Å². The molecule has 1 aromatic carbocycles. The molecule has 0 fully saturated rings. The molecule has 0 aromatic heterocycles. The van der Waals surface area contributed by atoms with Crippen molar-refractivity contribution >= 4 is 11.7 Å². The van der Waals surface area contributed by atoms with Gasteiger partial charge < -0.3 is 18.9 Å². The smallest absolute Gasteiger partial charge is 0.203 e. The molecule has 0 spiro atoms. The maximum Gasteiger partial charge on any atom is 0.203 e. The van der Waals surface area contributed by atoms with E-state index in [9.17, 15) is 4.79 Å². The van der Waals surface area contributed by atoms with Gasteiger partial charge in [0.15, 0.2) is 23.2 Å². The highest BCUT2D eigenvalue weighted by Gasteiger charge is 2.28. The van der Waals surface area contributed by atoms with Gasteiger partial charge in [0.1, 0.15) is 6.61 Å². The number of methoxy groups -OCH3 is 3. The SMILES string of the molecule is COc1cc(C(=O)CC2=NC(C)(C)CO2)cc(OC)c1OC. The third-order valence-electron chi connectivity index (χ3n) is 3.32. The summed E-state index contributed by atoms with van der Waals surface area (Å²) in [6.45, 7) is 4.42. The molecule has 0 amide bonds. The van der Waals surface area contributed by atoms with Crippen LogP contribution < -0.4 is 14.2 Å². The lowest BCUT2D eigenvalue weighted by Gasteiger charge is -2.13. The molecule has 0 aliphatic carbocycles. The summed E-state index contributed by atoms with van der Waals surface area (Å²) in [4.78, 5) is 16.8. The maximum absolute atomic E-state index is 12.4. The van der Waals surface area contributed by atoms with Gasteiger partial charge in [0.05, 0.1) is 33.3 Å². The van der Waals surface area contributed by atoms with Crippen LogP contribution in [0.2, 0.25) is 0 Å². The topological polar surface area (TPSA) is 66.4 Å². The van der Waals surface area contributed by atoms with E-state index >= 15 is 0 Å². The van der Waals surface area contributed by atoms with E-state index in [1.54, 1.807) is 12.1 Å². The van der Waals surface area contributed by atoms with Crippen molar-refractivity contribution in [2.45, 2.75) is 25.8 Å². The van der Waals surface area contributed by atoms with Gasteiger partial charge in [-0.05, 0) is 26.0 Å². The minimum atomic E-state index is -0.273. The number of benzene rings is 1. The molecule has 0 saturated carbocycles. The number of Topliss-reactive ketones (excluding diaryl/α,β-unsaturated/α-hetero) is 1. The second-order valence-corrected chi connectivity index (χ2v) is 5.62. The van der Waals surface area contributed by atoms with E-state index in [-0.39, 0.29) is 17.7 Å². The largest absolute Gasteiger partial charge is 0.493 e. The summed E-state index contributed by atoms with van der Waals surface area (Å²) in [6.07, 6.45) is 0.113. The average molecular weight is 307 g/mol. The first kappa shape index (κ1) is 16.1. The molecule has 1 heterocycles. The molecule has 0 unspecified atom stereocenters. The van der Waals surface area contributed by atoms with Crippen molar-refractivity contribution in [1.82, 2.24) is 0 Å². The summed E-state index contributed by atoms with van der Waals surface area (Å²) in [6, 6.07) is 3.26. The highest BCUT2D eigenvalue weighted by Crippen LogP contribution is 2.38. The fourth-order valence-electron chi connectivity index (χ4n) is 2.23. The second-order valence-electron chi connectivity index (χ2n) is 5.62. The second kappa shape index (κ2) is 6.25. The number of hydrogen-bond acceptors (Lipinski definition) is 6. The summed E-state index contributed by atoms with van der Waals surface area (Å²) in [5.74, 6) is 1.69. The van der Waals surface area contributed by atoms with E-state index < -0.39 is 0 Å². The Balaban J connectivity index is 2.27. The molecule has 0 saturated heterocycles. The van der Waals surface area contributed by atoms with Gasteiger partial charge in [0, 0.05) is 5.56 Å². The lowest BCUT2D eigenvalue weighted by Crippen LogP contribution is -2.17. The lowest BCUT2D eigenvalue weighted by molar-refractivity contribution is 0.0993. The average Bonchev–Trinajstić information content (AvgIpc) is 2.84. The predicted molar refractivity (Wildman–Crippen MR) is 82.5 cm³/mol. The number of rotatable bonds is 6. The highest BCUT2D eigenvalue weighted by molar-refractivity contribution is 6.08. The van der Waals surface area contributed by atoms with E-state index in [0.717, 1.165) is 0 Å². The first-order chi connectivity index (χ1) is 10.4. The molecule has 1 aliphatic heterocycles. The molecular weight excluding hydrogens is 286 g/mol. The van der Waals surface area contributed by atoms with E-state index in [1.165, 1.54) is 21.3 Å². The van der Waals surface area contributed by atoms with Crippen LogP contribution in [0.4, 0.5) is 0 Å². The van der Waals surface area contributed by atoms with E-state index in [1.807, 2.05) is 13.8 Å². The molecule has 6 nitrogen and oxygen atoms in total. The van der Waals surface area contributed by atoms with E-state index in [0.29, 0.717) is 35.3 Å². The number of nitrogens with zero attached hydrogens (tertiary/aromatic N) is 1. The Morgan fingerprint density at radius 3 is 2.18 bits per heavy atom. The summed E-state index contributed by atoms with van der Waals surface area (Å²) in [5, 5.41) is 0. The van der Waals surface area contributed by atoms with Gasteiger partial charge in [-0.2, -0.15) is 0 Å². The zero-order chi connectivity index (χ0) is 16.3. The Bertz CT molecular complexity index is 582. The fourth-order valence-corrected chi connectivity index (χ4v) is 2.23. The molecule has 120 valence electrons. The molecule has 1 aromatic rings. The number of carbonyl (C=O) groups excluding carboxylic acids is 1. The van der Waals surface area contributed by atoms with Gasteiger partial charge in [-0.3, -0.25) is 4.79 Å². The van der Waals surface area contributed by atoms with E-state index in [2.05, 4.69) is 4.99 Å². The van der Waals surface area contributed by atoms with Crippen LogP contribution in [0.3, 0.4) is 0 Å². The Labute approximate surface area is 130 Å². The monoisotopic (exact) mass is 307 g/mol. The van der Waals surface area contributed by atoms with Gasteiger partial charge in [-0.1, -0.05) is 0 Å². The van der Waals surface area contributed by atoms with Crippen molar-refractivity contribution in [2.75, 3.05) is 27.9 Å². The zero-order valence-corrected chi connectivity index (χ0v) is 13.6. The number of carbonyl (C=O) groups is 1. The van der Waals surface area contributed by atoms with Crippen LogP contribution in [-0.4, -0.2) is 45.2 Å². The number of hydrogen-bond donors (Lipinski definition) is 0. The van der Waals surface area contributed by atoms with Gasteiger partial charge in [0.2, 0.25) is 5.75 Å². The Kier molecular flexibility index (Phi) is 4.59. The zero-order valence-electron chi connectivity index (χ0n) is 13.6. The molecule has 0 atom stereocenters. The number of ketones is 1. The third-order valence-corrected chi connectivity index (χ3v) is 3.32. The normalized spacial score (nSPS) is 15.8. The van der Waals surface area contributed by atoms with Crippen LogP contribution in [0.5, 0.6) is 17.2 Å². The number of ether oxygens (including phenoxy) is 4. The molecule has 0 bridgehead atoms. The summed E-state index contributed by atoms with van der Waals surface area (Å²) in [5.41, 5.74) is 0.191. The van der Waals surface area contributed by atoms with Crippen LogP contribution in [0.1, 0.15) is 30.6 Å².